The van der Waals surface area contributed by atoms with Gasteiger partial charge >= 0.3 is 0 Å². The third-order valence-corrected chi connectivity index (χ3v) is 8.97. The average Bonchev–Trinajstić information content (AvgIpc) is 3.45. The van der Waals surface area contributed by atoms with E-state index in [1.807, 2.05) is 19.0 Å². The van der Waals surface area contributed by atoms with E-state index in [9.17, 15) is 17.6 Å². The molecule has 1 amide bonds. The maximum Gasteiger partial charge on any atom is 0.247 e. The summed E-state index contributed by atoms with van der Waals surface area (Å²) in [7, 11) is -0.00650. The Morgan fingerprint density at radius 2 is 1.94 bits per heavy atom. The molecule has 0 saturated carbocycles. The highest BCUT2D eigenvalue weighted by Crippen LogP contribution is 2.33. The fourth-order valence-corrected chi connectivity index (χ4v) is 6.85. The van der Waals surface area contributed by atoms with Gasteiger partial charge in [0.1, 0.15) is 17.4 Å². The minimum atomic E-state index is -3.89. The summed E-state index contributed by atoms with van der Waals surface area (Å²) >= 11 is 7.15. The zero-order valence-electron chi connectivity index (χ0n) is 18.9. The second-order valence-electron chi connectivity index (χ2n) is 8.46. The molecule has 0 aliphatic carbocycles. The lowest BCUT2D eigenvalue weighted by molar-refractivity contribution is -0.121. The number of thiazole rings is 1. The number of carbonyl (C=O) groups excluding carboxylic acids is 1. The first-order chi connectivity index (χ1) is 16.2. The molecule has 1 aliphatic heterocycles. The molecule has 4 rings (SSSR count). The molecule has 1 atom stereocenters. The van der Waals surface area contributed by atoms with Crippen LogP contribution in [0.4, 0.5) is 9.52 Å². The lowest BCUT2D eigenvalue weighted by Gasteiger charge is -2.29. The predicted octanol–water partition coefficient (Wildman–Crippen LogP) is 4.23. The molecule has 1 aliphatic rings. The standard InChI is InChI=1S/C23H26ClFN4O3S2/c1-27(2)13-5-14-28(23-26-21-18(25)6-3-8-20(21)33-23)22(30)19-7-4-15-29(19)34(31,32)17-11-9-16(24)10-12-17/h3,6,8-12,19H,4-5,7,13-15H2,1-2H3. The summed E-state index contributed by atoms with van der Waals surface area (Å²) in [6.07, 6.45) is 1.64. The molecular weight excluding hydrogens is 499 g/mol. The molecule has 1 aromatic heterocycles. The van der Waals surface area contributed by atoms with Crippen LogP contribution < -0.4 is 4.90 Å². The van der Waals surface area contributed by atoms with Crippen molar-refractivity contribution < 1.29 is 17.6 Å². The van der Waals surface area contributed by atoms with Gasteiger partial charge in [-0.3, -0.25) is 9.69 Å². The quantitative estimate of drug-likeness (QED) is 0.441. The fraction of sp³-hybridized carbons (Fsp3) is 0.391. The van der Waals surface area contributed by atoms with Crippen molar-refractivity contribution in [3.63, 3.8) is 0 Å². The number of aromatic nitrogens is 1. The first-order valence-corrected chi connectivity index (χ1v) is 13.6. The number of benzene rings is 2. The molecule has 3 aromatic rings. The number of halogens is 2. The molecule has 0 spiro atoms. The van der Waals surface area contributed by atoms with Crippen LogP contribution in [0, 0.1) is 5.82 Å². The van der Waals surface area contributed by atoms with Crippen LogP contribution in [0.3, 0.4) is 0 Å². The Morgan fingerprint density at radius 3 is 2.62 bits per heavy atom. The van der Waals surface area contributed by atoms with Crippen LogP contribution in [0.5, 0.6) is 0 Å². The van der Waals surface area contributed by atoms with E-state index in [4.69, 9.17) is 11.6 Å². The second-order valence-corrected chi connectivity index (χ2v) is 11.8. The van der Waals surface area contributed by atoms with Gasteiger partial charge in [-0.15, -0.1) is 0 Å². The van der Waals surface area contributed by atoms with Crippen LogP contribution in [-0.2, 0) is 14.8 Å². The minimum absolute atomic E-state index is 0.0952. The highest BCUT2D eigenvalue weighted by atomic mass is 35.5. The molecule has 182 valence electrons. The number of nitrogens with zero attached hydrogens (tertiary/aromatic N) is 4. The van der Waals surface area contributed by atoms with Crippen molar-refractivity contribution in [3.8, 4) is 0 Å². The van der Waals surface area contributed by atoms with Crippen molar-refractivity contribution in [1.82, 2.24) is 14.2 Å². The summed E-state index contributed by atoms with van der Waals surface area (Å²) in [5.74, 6) is -0.790. The average molecular weight is 525 g/mol. The molecule has 0 radical (unpaired) electrons. The van der Waals surface area contributed by atoms with Gasteiger partial charge in [0.25, 0.3) is 0 Å². The van der Waals surface area contributed by atoms with Gasteiger partial charge in [-0.05, 0) is 76.3 Å². The SMILES string of the molecule is CN(C)CCCN(C(=O)C1CCCN1S(=O)(=O)c1ccc(Cl)cc1)c1nc2c(F)cccc2s1. The zero-order chi connectivity index (χ0) is 24.5. The number of amides is 1. The Bertz CT molecular complexity index is 1280. The largest absolute Gasteiger partial charge is 0.309 e. The maximum atomic E-state index is 14.3. The van der Waals surface area contributed by atoms with Gasteiger partial charge in [0.15, 0.2) is 5.13 Å². The summed E-state index contributed by atoms with van der Waals surface area (Å²) in [5, 5.41) is 0.808. The molecule has 0 N–H and O–H groups in total. The highest BCUT2D eigenvalue weighted by Gasteiger charge is 2.42. The number of carbonyl (C=O) groups is 1. The van der Waals surface area contributed by atoms with Crippen LogP contribution in [0.2, 0.25) is 5.02 Å². The van der Waals surface area contributed by atoms with Crippen LogP contribution in [0.15, 0.2) is 47.4 Å². The van der Waals surface area contributed by atoms with E-state index >= 15 is 0 Å². The summed E-state index contributed by atoms with van der Waals surface area (Å²) in [5.41, 5.74) is 0.213. The number of fused-ring (bicyclic) bond motifs is 1. The number of hydrogen-bond acceptors (Lipinski definition) is 6. The molecule has 2 aromatic carbocycles. The molecule has 1 unspecified atom stereocenters. The smallest absolute Gasteiger partial charge is 0.247 e. The van der Waals surface area contributed by atoms with Gasteiger partial charge < -0.3 is 4.90 Å². The van der Waals surface area contributed by atoms with Gasteiger partial charge in [-0.1, -0.05) is 29.0 Å². The summed E-state index contributed by atoms with van der Waals surface area (Å²) in [6.45, 7) is 1.34. The van der Waals surface area contributed by atoms with Gasteiger partial charge in [-0.2, -0.15) is 4.31 Å². The monoisotopic (exact) mass is 524 g/mol. The Balaban J connectivity index is 1.66. The normalized spacial score (nSPS) is 17.0. The fourth-order valence-electron chi connectivity index (χ4n) is 4.06. The van der Waals surface area contributed by atoms with Crippen LogP contribution in [-0.4, -0.2) is 68.3 Å². The maximum absolute atomic E-state index is 14.3. The van der Waals surface area contributed by atoms with E-state index in [1.54, 1.807) is 12.1 Å². The first-order valence-electron chi connectivity index (χ1n) is 11.0. The van der Waals surface area contributed by atoms with E-state index < -0.39 is 21.9 Å². The number of sulfonamides is 1. The summed E-state index contributed by atoms with van der Waals surface area (Å²) < 4.78 is 42.9. The number of para-hydroxylation sites is 1. The van der Waals surface area contributed by atoms with Gasteiger partial charge in [-0.25, -0.2) is 17.8 Å². The number of anilines is 1. The van der Waals surface area contributed by atoms with E-state index in [0.29, 0.717) is 40.7 Å². The predicted molar refractivity (Wildman–Crippen MR) is 133 cm³/mol. The molecule has 0 bridgehead atoms. The summed E-state index contributed by atoms with van der Waals surface area (Å²) in [6, 6.07) is 9.78. The van der Waals surface area contributed by atoms with Crippen molar-refractivity contribution in [2.75, 3.05) is 38.6 Å². The third kappa shape index (κ3) is 5.11. The van der Waals surface area contributed by atoms with E-state index in [-0.39, 0.29) is 22.9 Å². The first kappa shape index (κ1) is 25.0. The Morgan fingerprint density at radius 1 is 1.21 bits per heavy atom. The minimum Gasteiger partial charge on any atom is -0.309 e. The van der Waals surface area contributed by atoms with Crippen LogP contribution in [0.25, 0.3) is 10.2 Å². The van der Waals surface area contributed by atoms with Crippen molar-refractivity contribution in [3.05, 3.63) is 53.3 Å². The Hall–Kier alpha value is -2.11. The number of hydrogen-bond donors (Lipinski definition) is 0. The summed E-state index contributed by atoms with van der Waals surface area (Å²) in [4.78, 5) is 21.8. The zero-order valence-corrected chi connectivity index (χ0v) is 21.3. The highest BCUT2D eigenvalue weighted by molar-refractivity contribution is 7.89. The molecule has 1 fully saturated rings. The van der Waals surface area contributed by atoms with Crippen molar-refractivity contribution in [2.45, 2.75) is 30.2 Å². The Labute approximate surface area is 207 Å². The second kappa shape index (κ2) is 10.2. The van der Waals surface area contributed by atoms with E-state index in [2.05, 4.69) is 4.98 Å². The lowest BCUT2D eigenvalue weighted by Crippen LogP contribution is -2.48. The molecule has 11 heteroatoms. The molecule has 34 heavy (non-hydrogen) atoms. The molecular formula is C23H26ClFN4O3S2. The molecule has 1 saturated heterocycles. The van der Waals surface area contributed by atoms with Crippen molar-refractivity contribution in [2.24, 2.45) is 0 Å². The van der Waals surface area contributed by atoms with Crippen LogP contribution >= 0.6 is 22.9 Å². The number of rotatable bonds is 8. The Kier molecular flexibility index (Phi) is 7.54. The molecule has 2 heterocycles. The van der Waals surface area contributed by atoms with Gasteiger partial charge in [0.05, 0.1) is 9.60 Å². The molecule has 7 nitrogen and oxygen atoms in total. The van der Waals surface area contributed by atoms with Gasteiger partial charge in [0.2, 0.25) is 15.9 Å². The lowest BCUT2D eigenvalue weighted by atomic mass is 10.2. The van der Waals surface area contributed by atoms with E-state index in [0.717, 1.165) is 6.54 Å². The van der Waals surface area contributed by atoms with Crippen molar-refractivity contribution in [1.29, 1.82) is 0 Å². The van der Waals surface area contributed by atoms with Crippen LogP contribution in [0.1, 0.15) is 19.3 Å². The van der Waals surface area contributed by atoms with Crippen molar-refractivity contribution >= 4 is 54.2 Å². The topological polar surface area (TPSA) is 73.8 Å². The van der Waals surface area contributed by atoms with Gasteiger partial charge in [0, 0.05) is 18.1 Å². The third-order valence-electron chi connectivity index (χ3n) is 5.75. The van der Waals surface area contributed by atoms with E-state index in [1.165, 1.54) is 50.9 Å².